The summed E-state index contributed by atoms with van der Waals surface area (Å²) in [5.41, 5.74) is 1.43. The van der Waals surface area contributed by atoms with Gasteiger partial charge in [0.05, 0.1) is 20.1 Å². The second kappa shape index (κ2) is 5.21. The van der Waals surface area contributed by atoms with Crippen LogP contribution in [0.5, 0.6) is 0 Å². The fourth-order valence-electron chi connectivity index (χ4n) is 1.31. The molecular weight excluding hydrogens is 323 g/mol. The standard InChI is InChI=1S/C11H4Cl5N/c12-7-3-9(14)8(13)2-6(7)5-1-10(15)11(16)17-4-5/h1-4H. The zero-order valence-electron chi connectivity index (χ0n) is 8.15. The molecule has 2 aromatic rings. The molecule has 0 amide bonds. The van der Waals surface area contributed by atoms with Crippen LogP contribution >= 0.6 is 58.0 Å². The van der Waals surface area contributed by atoms with Gasteiger partial charge in [0.1, 0.15) is 5.15 Å². The minimum atomic E-state index is 0.242. The molecular formula is C11H4Cl5N. The molecule has 0 aliphatic heterocycles. The van der Waals surface area contributed by atoms with Crippen molar-refractivity contribution < 1.29 is 0 Å². The molecule has 0 aliphatic carbocycles. The van der Waals surface area contributed by atoms with Crippen molar-refractivity contribution in [3.63, 3.8) is 0 Å². The van der Waals surface area contributed by atoms with Gasteiger partial charge in [-0.15, -0.1) is 0 Å². The van der Waals surface area contributed by atoms with E-state index in [0.717, 1.165) is 5.56 Å². The summed E-state index contributed by atoms with van der Waals surface area (Å²) in [4.78, 5) is 3.95. The fraction of sp³-hybridized carbons (Fsp3) is 0. The van der Waals surface area contributed by atoms with Crippen LogP contribution in [0.1, 0.15) is 0 Å². The highest BCUT2D eigenvalue weighted by atomic mass is 35.5. The third-order valence-electron chi connectivity index (χ3n) is 2.12. The van der Waals surface area contributed by atoms with E-state index in [0.29, 0.717) is 25.7 Å². The molecule has 0 unspecified atom stereocenters. The van der Waals surface area contributed by atoms with Crippen LogP contribution in [0, 0.1) is 0 Å². The first-order chi connectivity index (χ1) is 7.99. The van der Waals surface area contributed by atoms with Crippen LogP contribution in [0.15, 0.2) is 24.4 Å². The van der Waals surface area contributed by atoms with Gasteiger partial charge in [-0.2, -0.15) is 0 Å². The van der Waals surface area contributed by atoms with Crippen LogP contribution in [0.25, 0.3) is 11.1 Å². The summed E-state index contributed by atoms with van der Waals surface area (Å²) in [5.74, 6) is 0. The summed E-state index contributed by atoms with van der Waals surface area (Å²) in [6.45, 7) is 0. The highest BCUT2D eigenvalue weighted by molar-refractivity contribution is 6.44. The number of hydrogen-bond donors (Lipinski definition) is 0. The first kappa shape index (κ1) is 13.3. The lowest BCUT2D eigenvalue weighted by Crippen LogP contribution is -1.84. The molecule has 0 N–H and O–H groups in total. The van der Waals surface area contributed by atoms with Gasteiger partial charge in [0.15, 0.2) is 0 Å². The van der Waals surface area contributed by atoms with Gasteiger partial charge in [-0.25, -0.2) is 4.98 Å². The van der Waals surface area contributed by atoms with Crippen molar-refractivity contribution in [2.24, 2.45) is 0 Å². The Bertz CT molecular complexity index is 582. The van der Waals surface area contributed by atoms with Gasteiger partial charge in [-0.3, -0.25) is 0 Å². The summed E-state index contributed by atoms with van der Waals surface area (Å²) >= 11 is 29.5. The topological polar surface area (TPSA) is 12.9 Å². The third-order valence-corrected chi connectivity index (χ3v) is 3.84. The van der Waals surface area contributed by atoms with Gasteiger partial charge in [0.2, 0.25) is 0 Å². The maximum Gasteiger partial charge on any atom is 0.147 e. The smallest absolute Gasteiger partial charge is 0.147 e. The number of rotatable bonds is 1. The van der Waals surface area contributed by atoms with Gasteiger partial charge in [-0.05, 0) is 18.2 Å². The molecule has 0 bridgehead atoms. The molecule has 88 valence electrons. The Morgan fingerprint density at radius 1 is 0.706 bits per heavy atom. The minimum Gasteiger partial charge on any atom is -0.242 e. The van der Waals surface area contributed by atoms with Crippen molar-refractivity contribution in [1.29, 1.82) is 0 Å². The number of halogens is 5. The number of benzene rings is 1. The van der Waals surface area contributed by atoms with E-state index in [1.54, 1.807) is 24.4 Å². The van der Waals surface area contributed by atoms with Crippen molar-refractivity contribution in [2.75, 3.05) is 0 Å². The van der Waals surface area contributed by atoms with E-state index in [2.05, 4.69) is 4.98 Å². The molecule has 1 nitrogen and oxygen atoms in total. The normalized spacial score (nSPS) is 10.6. The van der Waals surface area contributed by atoms with E-state index in [4.69, 9.17) is 58.0 Å². The minimum absolute atomic E-state index is 0.242. The first-order valence-electron chi connectivity index (χ1n) is 4.45. The number of nitrogens with zero attached hydrogens (tertiary/aromatic N) is 1. The lowest BCUT2D eigenvalue weighted by molar-refractivity contribution is 1.33. The van der Waals surface area contributed by atoms with Gasteiger partial charge in [0.25, 0.3) is 0 Å². The van der Waals surface area contributed by atoms with Crippen molar-refractivity contribution in [3.8, 4) is 11.1 Å². The van der Waals surface area contributed by atoms with Crippen LogP contribution < -0.4 is 0 Å². The molecule has 1 heterocycles. The molecule has 0 atom stereocenters. The molecule has 1 aromatic heterocycles. The zero-order chi connectivity index (χ0) is 12.6. The summed E-state index contributed by atoms with van der Waals surface area (Å²) in [5, 5.41) is 1.88. The van der Waals surface area contributed by atoms with Gasteiger partial charge < -0.3 is 0 Å². The highest BCUT2D eigenvalue weighted by Gasteiger charge is 2.10. The van der Waals surface area contributed by atoms with E-state index < -0.39 is 0 Å². The molecule has 2 rings (SSSR count). The van der Waals surface area contributed by atoms with Crippen LogP contribution in [-0.4, -0.2) is 4.98 Å². The Hall–Kier alpha value is -0.180. The van der Waals surface area contributed by atoms with Crippen LogP contribution in [-0.2, 0) is 0 Å². The lowest BCUT2D eigenvalue weighted by Gasteiger charge is -2.07. The highest BCUT2D eigenvalue weighted by Crippen LogP contribution is 2.36. The monoisotopic (exact) mass is 325 g/mol. The predicted molar refractivity (Wildman–Crippen MR) is 74.7 cm³/mol. The summed E-state index contributed by atoms with van der Waals surface area (Å²) in [6.07, 6.45) is 1.57. The Balaban J connectivity index is 2.60. The maximum atomic E-state index is 6.08. The van der Waals surface area contributed by atoms with E-state index in [1.165, 1.54) is 0 Å². The van der Waals surface area contributed by atoms with Crippen LogP contribution in [0.3, 0.4) is 0 Å². The lowest BCUT2D eigenvalue weighted by atomic mass is 10.1. The average molecular weight is 327 g/mol. The number of pyridine rings is 1. The Kier molecular flexibility index (Phi) is 4.06. The fourth-order valence-corrected chi connectivity index (χ4v) is 2.24. The molecule has 17 heavy (non-hydrogen) atoms. The van der Waals surface area contributed by atoms with Crippen molar-refractivity contribution >= 4 is 58.0 Å². The summed E-state index contributed by atoms with van der Waals surface area (Å²) < 4.78 is 0. The molecule has 0 aliphatic rings. The Labute approximate surface area is 123 Å². The SMILES string of the molecule is Clc1cc(Cl)c(-c2cnc(Cl)c(Cl)c2)cc1Cl. The number of aromatic nitrogens is 1. The van der Waals surface area contributed by atoms with E-state index in [1.807, 2.05) is 0 Å². The first-order valence-corrected chi connectivity index (χ1v) is 6.34. The summed E-state index contributed by atoms with van der Waals surface area (Å²) in [6, 6.07) is 4.90. The van der Waals surface area contributed by atoms with Gasteiger partial charge in [-0.1, -0.05) is 58.0 Å². The second-order valence-electron chi connectivity index (χ2n) is 3.24. The average Bonchev–Trinajstić information content (AvgIpc) is 2.27. The van der Waals surface area contributed by atoms with Crippen molar-refractivity contribution in [2.45, 2.75) is 0 Å². The van der Waals surface area contributed by atoms with Crippen LogP contribution in [0.4, 0.5) is 0 Å². The predicted octanol–water partition coefficient (Wildman–Crippen LogP) is 6.02. The Morgan fingerprint density at radius 2 is 1.35 bits per heavy atom. The molecule has 0 saturated carbocycles. The largest absolute Gasteiger partial charge is 0.242 e. The second-order valence-corrected chi connectivity index (χ2v) is 5.23. The molecule has 0 saturated heterocycles. The number of hydrogen-bond acceptors (Lipinski definition) is 1. The molecule has 0 fully saturated rings. The molecule has 0 radical (unpaired) electrons. The molecule has 6 heteroatoms. The quantitative estimate of drug-likeness (QED) is 0.461. The zero-order valence-corrected chi connectivity index (χ0v) is 11.9. The molecule has 0 spiro atoms. The van der Waals surface area contributed by atoms with Gasteiger partial charge in [0, 0.05) is 17.3 Å². The molecule has 1 aromatic carbocycles. The summed E-state index contributed by atoms with van der Waals surface area (Å²) in [7, 11) is 0. The van der Waals surface area contributed by atoms with Crippen LogP contribution in [0.2, 0.25) is 25.2 Å². The maximum absolute atomic E-state index is 6.08. The Morgan fingerprint density at radius 3 is 2.00 bits per heavy atom. The van der Waals surface area contributed by atoms with E-state index >= 15 is 0 Å². The van der Waals surface area contributed by atoms with E-state index in [9.17, 15) is 0 Å². The third kappa shape index (κ3) is 2.81. The van der Waals surface area contributed by atoms with E-state index in [-0.39, 0.29) is 5.15 Å². The van der Waals surface area contributed by atoms with Crippen molar-refractivity contribution in [1.82, 2.24) is 4.98 Å². The van der Waals surface area contributed by atoms with Gasteiger partial charge >= 0.3 is 0 Å². The van der Waals surface area contributed by atoms with Crippen molar-refractivity contribution in [3.05, 3.63) is 49.6 Å².